The Balaban J connectivity index is 3.05. The Morgan fingerprint density at radius 3 is 2.60 bits per heavy atom. The molecule has 0 amide bonds. The number of hydrogen-bond acceptors (Lipinski definition) is 2. The van der Waals surface area contributed by atoms with Gasteiger partial charge in [0.05, 0.1) is 10.9 Å². The molecule has 0 fully saturated rings. The molecule has 0 radical (unpaired) electrons. The molecule has 0 aliphatic carbocycles. The quantitative estimate of drug-likeness (QED) is 0.834. The molecule has 82 valence electrons. The summed E-state index contributed by atoms with van der Waals surface area (Å²) in [5, 5.41) is 8.45. The van der Waals surface area contributed by atoms with Crippen LogP contribution in [0.15, 0.2) is 16.6 Å². The van der Waals surface area contributed by atoms with E-state index in [0.29, 0.717) is 0 Å². The molecule has 1 atom stereocenters. The summed E-state index contributed by atoms with van der Waals surface area (Å²) < 4.78 is 26.3. The van der Waals surface area contributed by atoms with Gasteiger partial charge in [0.15, 0.2) is 11.6 Å². The molecule has 1 aromatic carbocycles. The molecule has 0 aliphatic heterocycles. The van der Waals surface area contributed by atoms with Gasteiger partial charge in [0.25, 0.3) is 0 Å². The number of carboxylic acids is 1. The number of aliphatic carboxylic acids is 1. The molecular formula is C9H8BrF2NO2. The van der Waals surface area contributed by atoms with Gasteiger partial charge in [0, 0.05) is 11.6 Å². The van der Waals surface area contributed by atoms with Crippen LogP contribution in [-0.2, 0) is 4.79 Å². The van der Waals surface area contributed by atoms with Crippen molar-refractivity contribution in [3.63, 3.8) is 0 Å². The largest absolute Gasteiger partial charge is 0.481 e. The topological polar surface area (TPSA) is 63.3 Å². The molecule has 15 heavy (non-hydrogen) atoms. The van der Waals surface area contributed by atoms with Crippen molar-refractivity contribution in [2.75, 3.05) is 0 Å². The number of rotatable bonds is 3. The van der Waals surface area contributed by atoms with Crippen molar-refractivity contribution < 1.29 is 18.7 Å². The Bertz CT molecular complexity index is 398. The van der Waals surface area contributed by atoms with Crippen LogP contribution in [-0.4, -0.2) is 11.1 Å². The van der Waals surface area contributed by atoms with E-state index in [1.807, 2.05) is 0 Å². The highest BCUT2D eigenvalue weighted by atomic mass is 79.9. The van der Waals surface area contributed by atoms with Crippen LogP contribution in [0.4, 0.5) is 8.78 Å². The summed E-state index contributed by atoms with van der Waals surface area (Å²) in [5.41, 5.74) is 5.27. The summed E-state index contributed by atoms with van der Waals surface area (Å²) in [4.78, 5) is 10.3. The van der Waals surface area contributed by atoms with Gasteiger partial charge in [-0.3, -0.25) is 4.79 Å². The van der Waals surface area contributed by atoms with Crippen LogP contribution < -0.4 is 5.73 Å². The van der Waals surface area contributed by atoms with Crippen molar-refractivity contribution in [3.05, 3.63) is 33.8 Å². The molecule has 0 heterocycles. The monoisotopic (exact) mass is 279 g/mol. The minimum atomic E-state index is -1.16. The fourth-order valence-electron chi connectivity index (χ4n) is 1.13. The van der Waals surface area contributed by atoms with Gasteiger partial charge >= 0.3 is 5.97 Å². The summed E-state index contributed by atoms with van der Waals surface area (Å²) in [7, 11) is 0. The Labute approximate surface area is 93.0 Å². The van der Waals surface area contributed by atoms with Crippen LogP contribution in [0.3, 0.4) is 0 Å². The average molecular weight is 280 g/mol. The number of carboxylic acid groups (broad SMARTS) is 1. The molecule has 1 aromatic rings. The highest BCUT2D eigenvalue weighted by Crippen LogP contribution is 2.25. The molecule has 0 saturated heterocycles. The summed E-state index contributed by atoms with van der Waals surface area (Å²) in [6.45, 7) is 0. The second kappa shape index (κ2) is 4.67. The third-order valence-electron chi connectivity index (χ3n) is 1.86. The van der Waals surface area contributed by atoms with Crippen LogP contribution in [0.5, 0.6) is 0 Å². The Morgan fingerprint density at radius 1 is 1.47 bits per heavy atom. The molecule has 1 unspecified atom stereocenters. The number of nitrogens with two attached hydrogens (primary N) is 1. The fourth-order valence-corrected chi connectivity index (χ4v) is 1.43. The van der Waals surface area contributed by atoms with Gasteiger partial charge in [0.2, 0.25) is 0 Å². The Hall–Kier alpha value is -1.01. The van der Waals surface area contributed by atoms with E-state index in [1.165, 1.54) is 12.1 Å². The van der Waals surface area contributed by atoms with Gasteiger partial charge in [-0.25, -0.2) is 8.78 Å². The summed E-state index contributed by atoms with van der Waals surface area (Å²) in [5.74, 6) is -3.34. The van der Waals surface area contributed by atoms with E-state index >= 15 is 0 Å². The van der Waals surface area contributed by atoms with Gasteiger partial charge in [-0.15, -0.1) is 0 Å². The third-order valence-corrected chi connectivity index (χ3v) is 2.47. The van der Waals surface area contributed by atoms with Gasteiger partial charge in [0.1, 0.15) is 0 Å². The zero-order chi connectivity index (χ0) is 11.6. The zero-order valence-electron chi connectivity index (χ0n) is 7.51. The lowest BCUT2D eigenvalue weighted by Crippen LogP contribution is -2.17. The van der Waals surface area contributed by atoms with Gasteiger partial charge < -0.3 is 10.8 Å². The van der Waals surface area contributed by atoms with Gasteiger partial charge in [-0.2, -0.15) is 0 Å². The molecule has 6 heteroatoms. The zero-order valence-corrected chi connectivity index (χ0v) is 9.09. The maximum atomic E-state index is 13.3. The van der Waals surface area contributed by atoms with E-state index in [2.05, 4.69) is 15.9 Å². The maximum absolute atomic E-state index is 13.3. The number of benzene rings is 1. The number of halogens is 3. The molecule has 0 bridgehead atoms. The van der Waals surface area contributed by atoms with Gasteiger partial charge in [-0.05, 0) is 22.0 Å². The average Bonchev–Trinajstić information content (AvgIpc) is 2.13. The molecule has 0 aliphatic rings. The van der Waals surface area contributed by atoms with Crippen molar-refractivity contribution in [1.29, 1.82) is 0 Å². The Kier molecular flexibility index (Phi) is 3.76. The minimum Gasteiger partial charge on any atom is -0.481 e. The molecule has 0 spiro atoms. The van der Waals surface area contributed by atoms with Crippen LogP contribution in [0.1, 0.15) is 18.0 Å². The predicted octanol–water partition coefficient (Wildman–Crippen LogP) is 2.20. The normalized spacial score (nSPS) is 12.5. The Morgan fingerprint density at radius 2 is 2.07 bits per heavy atom. The molecular weight excluding hydrogens is 272 g/mol. The highest BCUT2D eigenvalue weighted by molar-refractivity contribution is 9.10. The first-order chi connectivity index (χ1) is 6.93. The van der Waals surface area contributed by atoms with E-state index < -0.39 is 30.1 Å². The summed E-state index contributed by atoms with van der Waals surface area (Å²) in [6, 6.07) is 1.50. The lowest BCUT2D eigenvalue weighted by atomic mass is 10.0. The highest BCUT2D eigenvalue weighted by Gasteiger charge is 2.18. The third kappa shape index (κ3) is 2.73. The van der Waals surface area contributed by atoms with Crippen molar-refractivity contribution in [1.82, 2.24) is 0 Å². The first-order valence-corrected chi connectivity index (χ1v) is 4.83. The van der Waals surface area contributed by atoms with E-state index in [4.69, 9.17) is 10.8 Å². The lowest BCUT2D eigenvalue weighted by Gasteiger charge is -2.11. The van der Waals surface area contributed by atoms with Crippen LogP contribution in [0.2, 0.25) is 0 Å². The van der Waals surface area contributed by atoms with E-state index in [-0.39, 0.29) is 10.0 Å². The van der Waals surface area contributed by atoms with E-state index in [9.17, 15) is 13.6 Å². The van der Waals surface area contributed by atoms with Crippen LogP contribution in [0, 0.1) is 11.6 Å². The first-order valence-electron chi connectivity index (χ1n) is 4.04. The smallest absolute Gasteiger partial charge is 0.305 e. The number of carbonyl (C=O) groups is 1. The second-order valence-corrected chi connectivity index (χ2v) is 3.82. The summed E-state index contributed by atoms with van der Waals surface area (Å²) >= 11 is 2.81. The predicted molar refractivity (Wildman–Crippen MR) is 53.2 cm³/mol. The molecule has 0 saturated carbocycles. The standard InChI is InChI=1S/C9H8BrF2NO2/c10-5-2-1-4(8(11)9(5)12)6(13)3-7(14)15/h1-2,6H,3,13H2,(H,14,15). The second-order valence-electron chi connectivity index (χ2n) is 2.97. The molecule has 3 N–H and O–H groups in total. The van der Waals surface area contributed by atoms with Gasteiger partial charge in [-0.1, -0.05) is 6.07 Å². The SMILES string of the molecule is NC(CC(=O)O)c1ccc(Br)c(F)c1F. The van der Waals surface area contributed by atoms with Crippen LogP contribution >= 0.6 is 15.9 Å². The van der Waals surface area contributed by atoms with Crippen molar-refractivity contribution in [3.8, 4) is 0 Å². The van der Waals surface area contributed by atoms with Crippen molar-refractivity contribution in [2.24, 2.45) is 5.73 Å². The van der Waals surface area contributed by atoms with Crippen molar-refractivity contribution >= 4 is 21.9 Å². The molecule has 0 aromatic heterocycles. The van der Waals surface area contributed by atoms with E-state index in [0.717, 1.165) is 0 Å². The summed E-state index contributed by atoms with van der Waals surface area (Å²) in [6.07, 6.45) is -0.446. The molecule has 3 nitrogen and oxygen atoms in total. The minimum absolute atomic E-state index is 0.0220. The van der Waals surface area contributed by atoms with Crippen molar-refractivity contribution in [2.45, 2.75) is 12.5 Å². The van der Waals surface area contributed by atoms with E-state index in [1.54, 1.807) is 0 Å². The first kappa shape index (κ1) is 12.1. The molecule has 1 rings (SSSR count). The maximum Gasteiger partial charge on any atom is 0.305 e. The fraction of sp³-hybridized carbons (Fsp3) is 0.222. The lowest BCUT2D eigenvalue weighted by molar-refractivity contribution is -0.137. The number of hydrogen-bond donors (Lipinski definition) is 2. The van der Waals surface area contributed by atoms with Crippen LogP contribution in [0.25, 0.3) is 0 Å².